The van der Waals surface area contributed by atoms with Crippen LogP contribution in [0.3, 0.4) is 0 Å². The Hall–Kier alpha value is -2.70. The summed E-state index contributed by atoms with van der Waals surface area (Å²) in [6.45, 7) is 0. The van der Waals surface area contributed by atoms with E-state index in [0.29, 0.717) is 16.3 Å². The number of anilines is 1. The average molecular weight is 359 g/mol. The molecule has 0 saturated carbocycles. The van der Waals surface area contributed by atoms with Crippen molar-refractivity contribution in [3.63, 3.8) is 0 Å². The number of nitrogens with one attached hydrogen (secondary N) is 1. The van der Waals surface area contributed by atoms with Crippen molar-refractivity contribution in [2.24, 2.45) is 0 Å². The molecular formula is C17H11ClN2O3S. The van der Waals surface area contributed by atoms with E-state index >= 15 is 0 Å². The van der Waals surface area contributed by atoms with Gasteiger partial charge in [0.1, 0.15) is 11.3 Å². The molecule has 24 heavy (non-hydrogen) atoms. The van der Waals surface area contributed by atoms with Gasteiger partial charge in [0.2, 0.25) is 0 Å². The number of rotatable bonds is 2. The highest BCUT2D eigenvalue weighted by Gasteiger charge is 2.35. The molecule has 2 amide bonds. The number of halogens is 1. The number of aromatic hydroxyl groups is 1. The summed E-state index contributed by atoms with van der Waals surface area (Å²) >= 11 is 11.2. The van der Waals surface area contributed by atoms with Crippen molar-refractivity contribution in [3.8, 4) is 5.75 Å². The van der Waals surface area contributed by atoms with Crippen molar-refractivity contribution in [3.05, 3.63) is 64.7 Å². The number of nitrogens with zero attached hydrogens (tertiary/aromatic N) is 1. The summed E-state index contributed by atoms with van der Waals surface area (Å²) < 4.78 is 0. The van der Waals surface area contributed by atoms with Gasteiger partial charge in [0.15, 0.2) is 5.11 Å². The van der Waals surface area contributed by atoms with E-state index in [9.17, 15) is 14.7 Å². The molecule has 0 radical (unpaired) electrons. The fraction of sp³-hybridized carbons (Fsp3) is 0. The molecule has 0 unspecified atom stereocenters. The number of amides is 2. The quantitative estimate of drug-likeness (QED) is 0.492. The summed E-state index contributed by atoms with van der Waals surface area (Å²) in [5.41, 5.74) is 0.915. The second-order valence-corrected chi connectivity index (χ2v) is 5.79. The molecule has 0 atom stereocenters. The first-order chi connectivity index (χ1) is 11.5. The van der Waals surface area contributed by atoms with E-state index in [2.05, 4.69) is 5.32 Å². The lowest BCUT2D eigenvalue weighted by Crippen LogP contribution is -2.54. The second-order valence-electron chi connectivity index (χ2n) is 5.00. The molecule has 1 aliphatic rings. The third-order valence-electron chi connectivity index (χ3n) is 3.40. The molecule has 7 heteroatoms. The van der Waals surface area contributed by atoms with Gasteiger partial charge in [-0.05, 0) is 48.1 Å². The van der Waals surface area contributed by atoms with Gasteiger partial charge in [-0.2, -0.15) is 0 Å². The normalized spacial score (nSPS) is 16.5. The van der Waals surface area contributed by atoms with Crippen LogP contribution < -0.4 is 10.2 Å². The number of hydrogen-bond acceptors (Lipinski definition) is 4. The first kappa shape index (κ1) is 16.2. The average Bonchev–Trinajstić information content (AvgIpc) is 2.55. The molecule has 1 aliphatic heterocycles. The van der Waals surface area contributed by atoms with Gasteiger partial charge >= 0.3 is 0 Å². The molecule has 1 heterocycles. The fourth-order valence-electron chi connectivity index (χ4n) is 2.25. The zero-order chi connectivity index (χ0) is 17.3. The zero-order valence-electron chi connectivity index (χ0n) is 12.2. The third-order valence-corrected chi connectivity index (χ3v) is 4.00. The maximum atomic E-state index is 12.8. The van der Waals surface area contributed by atoms with Crippen LogP contribution in [0.2, 0.25) is 5.02 Å². The van der Waals surface area contributed by atoms with E-state index in [1.54, 1.807) is 36.4 Å². The van der Waals surface area contributed by atoms with Crippen LogP contribution >= 0.6 is 23.8 Å². The number of phenolic OH excluding ortho intramolecular Hbond substituents is 1. The number of benzene rings is 2. The van der Waals surface area contributed by atoms with Gasteiger partial charge in [-0.25, -0.2) is 0 Å². The number of thiocarbonyl (C=S) groups is 1. The number of carbonyl (C=O) groups excluding carboxylic acids is 2. The summed E-state index contributed by atoms with van der Waals surface area (Å²) in [6.07, 6.45) is 1.43. The maximum Gasteiger partial charge on any atom is 0.270 e. The van der Waals surface area contributed by atoms with Gasteiger partial charge in [-0.1, -0.05) is 35.9 Å². The van der Waals surface area contributed by atoms with Crippen molar-refractivity contribution in [1.82, 2.24) is 5.32 Å². The Kier molecular flexibility index (Phi) is 4.33. The predicted molar refractivity (Wildman–Crippen MR) is 95.8 cm³/mol. The van der Waals surface area contributed by atoms with Crippen LogP contribution in [-0.2, 0) is 9.59 Å². The molecule has 5 nitrogen and oxygen atoms in total. The van der Waals surface area contributed by atoms with E-state index in [4.69, 9.17) is 23.8 Å². The standard InChI is InChI=1S/C17H11ClN2O3S/c18-13-3-1-2-4-14(13)20-16(23)12(15(22)19-17(20)24)9-10-5-7-11(21)8-6-10/h1-9,21H,(H,19,22,24). The lowest BCUT2D eigenvalue weighted by atomic mass is 10.1. The van der Waals surface area contributed by atoms with Crippen LogP contribution in [0.25, 0.3) is 6.08 Å². The Labute approximate surface area is 148 Å². The topological polar surface area (TPSA) is 69.6 Å². The highest BCUT2D eigenvalue weighted by molar-refractivity contribution is 7.80. The Morgan fingerprint density at radius 2 is 1.75 bits per heavy atom. The van der Waals surface area contributed by atoms with Gasteiger partial charge in [-0.15, -0.1) is 0 Å². The number of carbonyl (C=O) groups is 2. The Balaban J connectivity index is 2.03. The van der Waals surface area contributed by atoms with Crippen molar-refractivity contribution in [2.45, 2.75) is 0 Å². The van der Waals surface area contributed by atoms with Crippen LogP contribution in [0.15, 0.2) is 54.1 Å². The van der Waals surface area contributed by atoms with Gasteiger partial charge in [0, 0.05) is 0 Å². The lowest BCUT2D eigenvalue weighted by molar-refractivity contribution is -0.122. The number of para-hydroxylation sites is 1. The largest absolute Gasteiger partial charge is 0.508 e. The molecule has 0 aromatic heterocycles. The van der Waals surface area contributed by atoms with E-state index in [1.165, 1.54) is 23.1 Å². The van der Waals surface area contributed by atoms with E-state index < -0.39 is 11.8 Å². The minimum absolute atomic E-state index is 0.0269. The highest BCUT2D eigenvalue weighted by atomic mass is 35.5. The lowest BCUT2D eigenvalue weighted by Gasteiger charge is -2.29. The fourth-order valence-corrected chi connectivity index (χ4v) is 2.74. The highest BCUT2D eigenvalue weighted by Crippen LogP contribution is 2.28. The smallest absolute Gasteiger partial charge is 0.270 e. The molecule has 120 valence electrons. The molecule has 1 fully saturated rings. The number of phenols is 1. The molecular weight excluding hydrogens is 348 g/mol. The summed E-state index contributed by atoms with van der Waals surface area (Å²) in [7, 11) is 0. The molecule has 0 bridgehead atoms. The first-order valence-corrected chi connectivity index (χ1v) is 7.71. The minimum Gasteiger partial charge on any atom is -0.508 e. The van der Waals surface area contributed by atoms with Crippen LogP contribution in [0.1, 0.15) is 5.56 Å². The minimum atomic E-state index is -0.582. The predicted octanol–water partition coefficient (Wildman–Crippen LogP) is 2.88. The van der Waals surface area contributed by atoms with Gasteiger partial charge < -0.3 is 5.11 Å². The Morgan fingerprint density at radius 3 is 2.42 bits per heavy atom. The summed E-state index contributed by atoms with van der Waals surface area (Å²) in [6, 6.07) is 12.8. The van der Waals surface area contributed by atoms with Crippen molar-refractivity contribution >= 4 is 52.5 Å². The number of hydrogen-bond donors (Lipinski definition) is 2. The molecule has 0 aliphatic carbocycles. The summed E-state index contributed by atoms with van der Waals surface area (Å²) in [4.78, 5) is 26.1. The second kappa shape index (κ2) is 6.43. The first-order valence-electron chi connectivity index (χ1n) is 6.92. The maximum absolute atomic E-state index is 12.8. The third kappa shape index (κ3) is 3.02. The molecule has 2 aromatic rings. The van der Waals surface area contributed by atoms with E-state index in [1.807, 2.05) is 0 Å². The van der Waals surface area contributed by atoms with Crippen LogP contribution in [-0.4, -0.2) is 22.0 Å². The van der Waals surface area contributed by atoms with Gasteiger partial charge in [0.05, 0.1) is 10.7 Å². The molecule has 2 aromatic carbocycles. The van der Waals surface area contributed by atoms with E-state index in [0.717, 1.165) is 0 Å². The molecule has 1 saturated heterocycles. The van der Waals surface area contributed by atoms with Gasteiger partial charge in [-0.3, -0.25) is 19.8 Å². The monoisotopic (exact) mass is 358 g/mol. The SMILES string of the molecule is O=C1NC(=S)N(c2ccccc2Cl)C(=O)C1=Cc1ccc(O)cc1. The molecule has 0 spiro atoms. The summed E-state index contributed by atoms with van der Waals surface area (Å²) in [5.74, 6) is -1.05. The van der Waals surface area contributed by atoms with Crippen molar-refractivity contribution in [2.75, 3.05) is 4.90 Å². The molecule has 3 rings (SSSR count). The van der Waals surface area contributed by atoms with Crippen molar-refractivity contribution in [1.29, 1.82) is 0 Å². The summed E-state index contributed by atoms with van der Waals surface area (Å²) in [5, 5.41) is 12.1. The van der Waals surface area contributed by atoms with Crippen LogP contribution in [0, 0.1) is 0 Å². The Bertz CT molecular complexity index is 878. The zero-order valence-corrected chi connectivity index (χ0v) is 13.8. The van der Waals surface area contributed by atoms with Crippen LogP contribution in [0.5, 0.6) is 5.75 Å². The molecule has 2 N–H and O–H groups in total. The van der Waals surface area contributed by atoms with Gasteiger partial charge in [0.25, 0.3) is 11.8 Å². The Morgan fingerprint density at radius 1 is 1.08 bits per heavy atom. The van der Waals surface area contributed by atoms with Crippen LogP contribution in [0.4, 0.5) is 5.69 Å². The van der Waals surface area contributed by atoms with E-state index in [-0.39, 0.29) is 16.4 Å². The van der Waals surface area contributed by atoms with Crippen molar-refractivity contribution < 1.29 is 14.7 Å².